The number of hydrogen-bond donors (Lipinski definition) is 0. The van der Waals surface area contributed by atoms with Crippen molar-refractivity contribution in [3.05, 3.63) is 72.3 Å². The first-order valence-electron chi connectivity index (χ1n) is 10.4. The van der Waals surface area contributed by atoms with Gasteiger partial charge in [-0.1, -0.05) is 30.3 Å². The molecule has 166 valence electrons. The first-order chi connectivity index (χ1) is 15.5. The average molecular weight is 453 g/mol. The predicted octanol–water partition coefficient (Wildman–Crippen LogP) is 2.83. The summed E-state index contributed by atoms with van der Waals surface area (Å²) in [6.45, 7) is 3.69. The number of carbonyl (C=O) groups is 1. The van der Waals surface area contributed by atoms with Gasteiger partial charge >= 0.3 is 5.97 Å². The lowest BCUT2D eigenvalue weighted by atomic mass is 10.1. The van der Waals surface area contributed by atoms with Gasteiger partial charge in [0.1, 0.15) is 0 Å². The number of hydrogen-bond acceptors (Lipinski definition) is 7. The van der Waals surface area contributed by atoms with E-state index < -0.39 is 16.0 Å². The summed E-state index contributed by atoms with van der Waals surface area (Å²) in [5.74, 6) is 0.255. The van der Waals surface area contributed by atoms with Gasteiger partial charge in [-0.15, -0.1) is 10.2 Å². The number of benzene rings is 2. The summed E-state index contributed by atoms with van der Waals surface area (Å²) in [6.07, 6.45) is 0. The molecule has 1 saturated heterocycles. The summed E-state index contributed by atoms with van der Waals surface area (Å²) in [7, 11) is -3.65. The maximum absolute atomic E-state index is 13.0. The Morgan fingerprint density at radius 1 is 0.906 bits per heavy atom. The number of piperazine rings is 1. The van der Waals surface area contributed by atoms with Crippen molar-refractivity contribution in [2.45, 2.75) is 11.8 Å². The molecule has 2 heterocycles. The molecular formula is C23H24N4O4S. The number of aromatic nitrogens is 2. The largest absolute Gasteiger partial charge is 0.462 e. The van der Waals surface area contributed by atoms with Crippen LogP contribution < -0.4 is 4.90 Å². The van der Waals surface area contributed by atoms with E-state index in [1.807, 2.05) is 47.4 Å². The van der Waals surface area contributed by atoms with E-state index in [4.69, 9.17) is 4.74 Å². The molecule has 0 spiro atoms. The zero-order chi connectivity index (χ0) is 22.6. The SMILES string of the molecule is CCOC(=O)c1ccc(S(=O)(=O)N2CCN(c3ccc(-c4ccccc4)nn3)CC2)cc1. The van der Waals surface area contributed by atoms with Crippen LogP contribution in [0.2, 0.25) is 0 Å². The first-order valence-corrected chi connectivity index (χ1v) is 11.8. The van der Waals surface area contributed by atoms with Gasteiger partial charge in [-0.25, -0.2) is 13.2 Å². The van der Waals surface area contributed by atoms with E-state index in [9.17, 15) is 13.2 Å². The van der Waals surface area contributed by atoms with Crippen LogP contribution in [0, 0.1) is 0 Å². The molecule has 0 radical (unpaired) electrons. The standard InChI is InChI=1S/C23H24N4O4S/c1-2-31-23(28)19-8-10-20(11-9-19)32(29,30)27-16-14-26(15-17-27)22-13-12-21(24-25-22)18-6-4-3-5-7-18/h3-13H,2,14-17H2,1H3. The van der Waals surface area contributed by atoms with Crippen LogP contribution in [-0.2, 0) is 14.8 Å². The fourth-order valence-electron chi connectivity index (χ4n) is 3.54. The molecule has 0 bridgehead atoms. The molecule has 4 rings (SSSR count). The molecule has 32 heavy (non-hydrogen) atoms. The smallest absolute Gasteiger partial charge is 0.338 e. The Hall–Kier alpha value is -3.30. The van der Waals surface area contributed by atoms with Gasteiger partial charge in [0.2, 0.25) is 10.0 Å². The molecule has 1 aliphatic heterocycles. The van der Waals surface area contributed by atoms with Crippen LogP contribution in [0.5, 0.6) is 0 Å². The Labute approximate surface area is 187 Å². The highest BCUT2D eigenvalue weighted by Gasteiger charge is 2.29. The van der Waals surface area contributed by atoms with Crippen molar-refractivity contribution in [3.8, 4) is 11.3 Å². The molecule has 1 aromatic heterocycles. The van der Waals surface area contributed by atoms with Crippen LogP contribution in [-0.4, -0.2) is 61.7 Å². The van der Waals surface area contributed by atoms with Crippen molar-refractivity contribution in [3.63, 3.8) is 0 Å². The van der Waals surface area contributed by atoms with Crippen molar-refractivity contribution in [2.75, 3.05) is 37.7 Å². The second-order valence-electron chi connectivity index (χ2n) is 7.28. The summed E-state index contributed by atoms with van der Waals surface area (Å²) in [6, 6.07) is 19.5. The minimum atomic E-state index is -3.65. The lowest BCUT2D eigenvalue weighted by molar-refractivity contribution is 0.0526. The van der Waals surface area contributed by atoms with E-state index in [1.54, 1.807) is 6.92 Å². The fourth-order valence-corrected chi connectivity index (χ4v) is 4.96. The average Bonchev–Trinajstić information content (AvgIpc) is 2.85. The van der Waals surface area contributed by atoms with E-state index in [-0.39, 0.29) is 11.5 Å². The Morgan fingerprint density at radius 2 is 1.59 bits per heavy atom. The summed E-state index contributed by atoms with van der Waals surface area (Å²) in [5, 5.41) is 8.64. The highest BCUT2D eigenvalue weighted by molar-refractivity contribution is 7.89. The normalized spacial score (nSPS) is 14.8. The third-order valence-corrected chi connectivity index (χ3v) is 7.20. The lowest BCUT2D eigenvalue weighted by Gasteiger charge is -2.34. The number of nitrogens with zero attached hydrogens (tertiary/aromatic N) is 4. The Balaban J connectivity index is 1.40. The van der Waals surface area contributed by atoms with Crippen LogP contribution in [0.3, 0.4) is 0 Å². The van der Waals surface area contributed by atoms with Gasteiger partial charge in [-0.05, 0) is 43.3 Å². The Morgan fingerprint density at radius 3 is 2.19 bits per heavy atom. The molecule has 1 aliphatic rings. The molecule has 0 atom stereocenters. The van der Waals surface area contributed by atoms with Crippen molar-refractivity contribution in [1.29, 1.82) is 0 Å². The van der Waals surface area contributed by atoms with Crippen LogP contribution >= 0.6 is 0 Å². The second kappa shape index (κ2) is 9.46. The van der Waals surface area contributed by atoms with Crippen molar-refractivity contribution >= 4 is 21.8 Å². The van der Waals surface area contributed by atoms with Gasteiger partial charge in [-0.3, -0.25) is 0 Å². The molecule has 0 saturated carbocycles. The van der Waals surface area contributed by atoms with Crippen molar-refractivity contribution in [2.24, 2.45) is 0 Å². The molecule has 1 fully saturated rings. The molecule has 2 aromatic carbocycles. The molecule has 9 heteroatoms. The lowest BCUT2D eigenvalue weighted by Crippen LogP contribution is -2.49. The van der Waals surface area contributed by atoms with Crippen LogP contribution in [0.4, 0.5) is 5.82 Å². The van der Waals surface area contributed by atoms with Gasteiger partial charge in [0.05, 0.1) is 22.8 Å². The number of ether oxygens (including phenoxy) is 1. The van der Waals surface area contributed by atoms with Crippen LogP contribution in [0.25, 0.3) is 11.3 Å². The summed E-state index contributed by atoms with van der Waals surface area (Å²) < 4.78 is 32.4. The predicted molar refractivity (Wildman–Crippen MR) is 121 cm³/mol. The highest BCUT2D eigenvalue weighted by Crippen LogP contribution is 2.22. The van der Waals surface area contributed by atoms with E-state index in [2.05, 4.69) is 10.2 Å². The van der Waals surface area contributed by atoms with E-state index in [0.717, 1.165) is 17.1 Å². The maximum atomic E-state index is 13.0. The molecule has 0 amide bonds. The molecule has 0 unspecified atom stereocenters. The molecule has 3 aromatic rings. The van der Waals surface area contributed by atoms with Crippen LogP contribution in [0.1, 0.15) is 17.3 Å². The van der Waals surface area contributed by atoms with Crippen molar-refractivity contribution in [1.82, 2.24) is 14.5 Å². The summed E-state index contributed by atoms with van der Waals surface area (Å²) >= 11 is 0. The third-order valence-electron chi connectivity index (χ3n) is 5.29. The number of carbonyl (C=O) groups excluding carboxylic acids is 1. The highest BCUT2D eigenvalue weighted by atomic mass is 32.2. The quantitative estimate of drug-likeness (QED) is 0.531. The number of anilines is 1. The Bertz CT molecular complexity index is 1160. The van der Waals surface area contributed by atoms with E-state index in [0.29, 0.717) is 31.7 Å². The molecular weight excluding hydrogens is 428 g/mol. The molecule has 0 aliphatic carbocycles. The minimum absolute atomic E-state index is 0.158. The zero-order valence-electron chi connectivity index (χ0n) is 17.7. The summed E-state index contributed by atoms with van der Waals surface area (Å²) in [4.78, 5) is 14.0. The second-order valence-corrected chi connectivity index (χ2v) is 9.22. The molecule has 0 N–H and O–H groups in total. The topological polar surface area (TPSA) is 92.7 Å². The van der Waals surface area contributed by atoms with Gasteiger partial charge in [0.15, 0.2) is 5.82 Å². The fraction of sp³-hybridized carbons (Fsp3) is 0.261. The third kappa shape index (κ3) is 4.63. The first kappa shape index (κ1) is 21.9. The van der Waals surface area contributed by atoms with Crippen molar-refractivity contribution < 1.29 is 17.9 Å². The Kier molecular flexibility index (Phi) is 6.48. The monoisotopic (exact) mass is 452 g/mol. The van der Waals surface area contributed by atoms with E-state index >= 15 is 0 Å². The van der Waals surface area contributed by atoms with Gasteiger partial charge in [0, 0.05) is 31.7 Å². The molecule has 8 nitrogen and oxygen atoms in total. The minimum Gasteiger partial charge on any atom is -0.462 e. The number of sulfonamides is 1. The van der Waals surface area contributed by atoms with Crippen LogP contribution in [0.15, 0.2) is 71.6 Å². The number of rotatable bonds is 6. The zero-order valence-corrected chi connectivity index (χ0v) is 18.5. The van der Waals surface area contributed by atoms with Gasteiger partial charge in [-0.2, -0.15) is 4.31 Å². The van der Waals surface area contributed by atoms with Gasteiger partial charge in [0.25, 0.3) is 0 Å². The van der Waals surface area contributed by atoms with Gasteiger partial charge < -0.3 is 9.64 Å². The maximum Gasteiger partial charge on any atom is 0.338 e. The number of esters is 1. The summed E-state index contributed by atoms with van der Waals surface area (Å²) in [5.41, 5.74) is 2.12. The van der Waals surface area contributed by atoms with E-state index in [1.165, 1.54) is 28.6 Å².